The van der Waals surface area contributed by atoms with E-state index in [1.807, 2.05) is 6.92 Å². The van der Waals surface area contributed by atoms with Crippen LogP contribution in [0.2, 0.25) is 0 Å². The van der Waals surface area contributed by atoms with Crippen LogP contribution in [-0.4, -0.2) is 35.8 Å². The van der Waals surface area contributed by atoms with Gasteiger partial charge < -0.3 is 4.98 Å². The molecule has 0 spiro atoms. The first kappa shape index (κ1) is 12.6. The van der Waals surface area contributed by atoms with Gasteiger partial charge in [0.1, 0.15) is 5.82 Å². The van der Waals surface area contributed by atoms with Crippen molar-refractivity contribution in [3.63, 3.8) is 0 Å². The first-order valence-electron chi connectivity index (χ1n) is 5.99. The van der Waals surface area contributed by atoms with Crippen molar-refractivity contribution >= 4 is 10.0 Å². The summed E-state index contributed by atoms with van der Waals surface area (Å²) in [6.07, 6.45) is 2.13. The number of imidazole rings is 1. The normalized spacial score (nSPS) is 26.5. The van der Waals surface area contributed by atoms with Crippen LogP contribution < -0.4 is 0 Å². The van der Waals surface area contributed by atoms with E-state index in [9.17, 15) is 8.42 Å². The summed E-state index contributed by atoms with van der Waals surface area (Å²) in [4.78, 5) is 6.92. The molecule has 2 rings (SSSR count). The molecule has 96 valence electrons. The second kappa shape index (κ2) is 4.42. The van der Waals surface area contributed by atoms with E-state index in [0.717, 1.165) is 0 Å². The van der Waals surface area contributed by atoms with Crippen molar-refractivity contribution in [2.45, 2.75) is 32.2 Å². The molecule has 1 fully saturated rings. The van der Waals surface area contributed by atoms with Gasteiger partial charge in [0.25, 0.3) is 10.0 Å². The Morgan fingerprint density at radius 1 is 1.41 bits per heavy atom. The Labute approximate surface area is 102 Å². The van der Waals surface area contributed by atoms with Crippen molar-refractivity contribution in [1.29, 1.82) is 0 Å². The molecule has 0 radical (unpaired) electrons. The number of hydrogen-bond acceptors (Lipinski definition) is 3. The zero-order valence-corrected chi connectivity index (χ0v) is 11.3. The monoisotopic (exact) mass is 257 g/mol. The highest BCUT2D eigenvalue weighted by molar-refractivity contribution is 7.89. The lowest BCUT2D eigenvalue weighted by Gasteiger charge is -2.14. The van der Waals surface area contributed by atoms with Gasteiger partial charge >= 0.3 is 0 Å². The zero-order valence-electron chi connectivity index (χ0n) is 10.5. The topological polar surface area (TPSA) is 66.1 Å². The van der Waals surface area contributed by atoms with Gasteiger partial charge in [0.2, 0.25) is 0 Å². The molecule has 1 aliphatic heterocycles. The van der Waals surface area contributed by atoms with Crippen molar-refractivity contribution in [3.05, 3.63) is 12.0 Å². The maximum absolute atomic E-state index is 12.3. The minimum absolute atomic E-state index is 0.218. The number of rotatable bonds is 3. The van der Waals surface area contributed by atoms with Gasteiger partial charge in [-0.25, -0.2) is 13.4 Å². The summed E-state index contributed by atoms with van der Waals surface area (Å²) in [7, 11) is -3.38. The number of nitrogens with zero attached hydrogens (tertiary/aromatic N) is 2. The van der Waals surface area contributed by atoms with Crippen LogP contribution in [-0.2, 0) is 16.4 Å². The van der Waals surface area contributed by atoms with Crippen molar-refractivity contribution < 1.29 is 8.42 Å². The third kappa shape index (κ3) is 2.24. The standard InChI is InChI=1S/C11H19N3O2S/c1-4-10-12-5-11(13-10)17(15,16)14-6-8(2)9(3)7-14/h5,8-9H,4,6-7H2,1-3H3,(H,12,13). The second-order valence-electron chi connectivity index (χ2n) is 4.82. The molecule has 2 atom stereocenters. The van der Waals surface area contributed by atoms with E-state index >= 15 is 0 Å². The third-order valence-electron chi connectivity index (χ3n) is 3.51. The van der Waals surface area contributed by atoms with Gasteiger partial charge in [-0.15, -0.1) is 0 Å². The number of aryl methyl sites for hydroxylation is 1. The van der Waals surface area contributed by atoms with Crippen LogP contribution in [0.25, 0.3) is 0 Å². The Hall–Kier alpha value is -0.880. The summed E-state index contributed by atoms with van der Waals surface area (Å²) in [5.74, 6) is 1.54. The van der Waals surface area contributed by atoms with Crippen LogP contribution in [0.15, 0.2) is 11.2 Å². The molecule has 1 aromatic heterocycles. The SMILES string of the molecule is CCc1ncc(S(=O)(=O)N2CC(C)C(C)C2)[nH]1. The Balaban J connectivity index is 2.25. The van der Waals surface area contributed by atoms with Crippen LogP contribution in [0.5, 0.6) is 0 Å². The molecule has 0 aliphatic carbocycles. The smallest absolute Gasteiger partial charge is 0.260 e. The Morgan fingerprint density at radius 3 is 2.47 bits per heavy atom. The van der Waals surface area contributed by atoms with Crippen molar-refractivity contribution in [3.8, 4) is 0 Å². The molecule has 1 aromatic rings. The van der Waals surface area contributed by atoms with Gasteiger partial charge in [-0.05, 0) is 11.8 Å². The van der Waals surface area contributed by atoms with Crippen molar-refractivity contribution in [1.82, 2.24) is 14.3 Å². The highest BCUT2D eigenvalue weighted by Gasteiger charge is 2.35. The first-order valence-corrected chi connectivity index (χ1v) is 7.43. The quantitative estimate of drug-likeness (QED) is 0.886. The average molecular weight is 257 g/mol. The van der Waals surface area contributed by atoms with Gasteiger partial charge in [-0.3, -0.25) is 0 Å². The Morgan fingerprint density at radius 2 is 2.00 bits per heavy atom. The summed E-state index contributed by atoms with van der Waals surface area (Å²) in [5, 5.41) is 0.218. The largest absolute Gasteiger partial charge is 0.332 e. The van der Waals surface area contributed by atoms with E-state index in [2.05, 4.69) is 23.8 Å². The molecule has 2 unspecified atom stereocenters. The lowest BCUT2D eigenvalue weighted by Crippen LogP contribution is -2.29. The van der Waals surface area contributed by atoms with E-state index in [0.29, 0.717) is 37.2 Å². The third-order valence-corrected chi connectivity index (χ3v) is 5.25. The van der Waals surface area contributed by atoms with E-state index in [4.69, 9.17) is 0 Å². The van der Waals surface area contributed by atoms with Gasteiger partial charge in [-0.1, -0.05) is 20.8 Å². The van der Waals surface area contributed by atoms with Crippen LogP contribution in [0.4, 0.5) is 0 Å². The highest BCUT2D eigenvalue weighted by Crippen LogP contribution is 2.27. The molecule has 0 bridgehead atoms. The van der Waals surface area contributed by atoms with Gasteiger partial charge in [0.15, 0.2) is 5.03 Å². The first-order chi connectivity index (χ1) is 7.95. The summed E-state index contributed by atoms with van der Waals surface area (Å²) in [6, 6.07) is 0. The van der Waals surface area contributed by atoms with Crippen molar-refractivity contribution in [2.24, 2.45) is 11.8 Å². The summed E-state index contributed by atoms with van der Waals surface area (Å²) in [6.45, 7) is 7.32. The van der Waals surface area contributed by atoms with Gasteiger partial charge in [0.05, 0.1) is 6.20 Å². The molecule has 2 heterocycles. The zero-order chi connectivity index (χ0) is 12.6. The predicted octanol–water partition coefficient (Wildman–Crippen LogP) is 1.25. The minimum atomic E-state index is -3.38. The number of aromatic nitrogens is 2. The molecule has 6 heteroatoms. The summed E-state index contributed by atoms with van der Waals surface area (Å²) < 4.78 is 26.2. The van der Waals surface area contributed by atoms with E-state index < -0.39 is 10.0 Å². The molecule has 5 nitrogen and oxygen atoms in total. The van der Waals surface area contributed by atoms with E-state index in [1.54, 1.807) is 4.31 Å². The number of sulfonamides is 1. The van der Waals surface area contributed by atoms with Gasteiger partial charge in [-0.2, -0.15) is 4.31 Å². The maximum atomic E-state index is 12.3. The van der Waals surface area contributed by atoms with Crippen molar-refractivity contribution in [2.75, 3.05) is 13.1 Å². The Bertz CT molecular complexity index is 485. The van der Waals surface area contributed by atoms with Crippen LogP contribution in [0, 0.1) is 11.8 Å². The Kier molecular flexibility index (Phi) is 3.27. The molecule has 0 amide bonds. The number of nitrogens with one attached hydrogen (secondary N) is 1. The summed E-state index contributed by atoms with van der Waals surface area (Å²) >= 11 is 0. The van der Waals surface area contributed by atoms with Gasteiger partial charge in [0, 0.05) is 19.5 Å². The molecule has 0 aromatic carbocycles. The fourth-order valence-electron chi connectivity index (χ4n) is 2.07. The van der Waals surface area contributed by atoms with E-state index in [-0.39, 0.29) is 5.03 Å². The fraction of sp³-hybridized carbons (Fsp3) is 0.727. The molecule has 1 aliphatic rings. The van der Waals surface area contributed by atoms with Crippen LogP contribution in [0.3, 0.4) is 0 Å². The maximum Gasteiger partial charge on any atom is 0.260 e. The molecule has 17 heavy (non-hydrogen) atoms. The highest BCUT2D eigenvalue weighted by atomic mass is 32.2. The van der Waals surface area contributed by atoms with Crippen LogP contribution in [0.1, 0.15) is 26.6 Å². The molecular formula is C11H19N3O2S. The molecule has 0 saturated carbocycles. The number of H-pyrrole nitrogens is 1. The molecular weight excluding hydrogens is 238 g/mol. The van der Waals surface area contributed by atoms with Crippen LogP contribution >= 0.6 is 0 Å². The fourth-order valence-corrected chi connectivity index (χ4v) is 3.64. The molecule has 1 saturated heterocycles. The molecule has 1 N–H and O–H groups in total. The second-order valence-corrected chi connectivity index (χ2v) is 6.73. The number of hydrogen-bond donors (Lipinski definition) is 1. The average Bonchev–Trinajstić information content (AvgIpc) is 2.87. The number of aromatic amines is 1. The lowest BCUT2D eigenvalue weighted by atomic mass is 10.0. The predicted molar refractivity (Wildman–Crippen MR) is 65.1 cm³/mol. The summed E-state index contributed by atoms with van der Waals surface area (Å²) in [5.41, 5.74) is 0. The lowest BCUT2D eigenvalue weighted by molar-refractivity contribution is 0.460. The van der Waals surface area contributed by atoms with E-state index in [1.165, 1.54) is 6.20 Å². The minimum Gasteiger partial charge on any atom is -0.332 e.